The molecule has 0 aliphatic heterocycles. The molecule has 128 valence electrons. The number of primary amides is 1. The van der Waals surface area contributed by atoms with Crippen LogP contribution in [0.5, 0.6) is 11.5 Å². The van der Waals surface area contributed by atoms with Gasteiger partial charge in [0.15, 0.2) is 17.3 Å². The zero-order valence-electron chi connectivity index (χ0n) is 14.0. The van der Waals surface area contributed by atoms with E-state index in [0.717, 1.165) is 11.3 Å². The molecule has 3 aromatic rings. The highest BCUT2D eigenvalue weighted by Gasteiger charge is 2.19. The maximum Gasteiger partial charge on any atom is 0.271 e. The Morgan fingerprint density at radius 1 is 1.08 bits per heavy atom. The molecule has 1 aromatic heterocycles. The first-order valence-corrected chi connectivity index (χ1v) is 7.67. The predicted octanol–water partition coefficient (Wildman–Crippen LogP) is 3.05. The first-order valence-electron chi connectivity index (χ1n) is 7.67. The molecule has 0 radical (unpaired) electrons. The first-order chi connectivity index (χ1) is 12.1. The maximum atomic E-state index is 11.7. The van der Waals surface area contributed by atoms with E-state index in [4.69, 9.17) is 19.6 Å². The van der Waals surface area contributed by atoms with E-state index in [2.05, 4.69) is 4.98 Å². The minimum atomic E-state index is -0.633. The van der Waals surface area contributed by atoms with E-state index in [1.54, 1.807) is 38.5 Å². The van der Waals surface area contributed by atoms with E-state index < -0.39 is 5.91 Å². The van der Waals surface area contributed by atoms with Crippen molar-refractivity contribution in [2.75, 3.05) is 14.2 Å². The lowest BCUT2D eigenvalue weighted by molar-refractivity contribution is 0.0996. The molecule has 0 unspecified atom stereocenters. The number of nitrogens with zero attached hydrogens (tertiary/aromatic N) is 1. The van der Waals surface area contributed by atoms with Crippen LogP contribution in [0.3, 0.4) is 0 Å². The van der Waals surface area contributed by atoms with Gasteiger partial charge in [-0.05, 0) is 42.0 Å². The van der Waals surface area contributed by atoms with Gasteiger partial charge in [0.2, 0.25) is 0 Å². The third kappa shape index (κ3) is 3.63. The van der Waals surface area contributed by atoms with Crippen LogP contribution in [-0.4, -0.2) is 25.1 Å². The Bertz CT molecular complexity index is 885. The summed E-state index contributed by atoms with van der Waals surface area (Å²) in [6, 6.07) is 14.7. The highest BCUT2D eigenvalue weighted by Crippen LogP contribution is 2.28. The lowest BCUT2D eigenvalue weighted by atomic mass is 10.1. The van der Waals surface area contributed by atoms with Gasteiger partial charge < -0.3 is 19.6 Å². The number of hydrogen-bond acceptors (Lipinski definition) is 5. The van der Waals surface area contributed by atoms with Gasteiger partial charge >= 0.3 is 0 Å². The number of benzene rings is 2. The van der Waals surface area contributed by atoms with Crippen LogP contribution in [0.15, 0.2) is 52.9 Å². The lowest BCUT2D eigenvalue weighted by Gasteiger charge is -2.02. The third-order valence-electron chi connectivity index (χ3n) is 3.75. The Labute approximate surface area is 145 Å². The van der Waals surface area contributed by atoms with Gasteiger partial charge in [0.25, 0.3) is 5.91 Å². The summed E-state index contributed by atoms with van der Waals surface area (Å²) in [6.07, 6.45) is 0.424. The van der Waals surface area contributed by atoms with Gasteiger partial charge in [0.1, 0.15) is 11.5 Å². The summed E-state index contributed by atoms with van der Waals surface area (Å²) in [7, 11) is 3.20. The van der Waals surface area contributed by atoms with Crippen molar-refractivity contribution in [2.45, 2.75) is 6.42 Å². The Morgan fingerprint density at radius 3 is 2.44 bits per heavy atom. The maximum absolute atomic E-state index is 11.7. The largest absolute Gasteiger partial charge is 0.497 e. The summed E-state index contributed by atoms with van der Waals surface area (Å²) < 4.78 is 16.2. The molecule has 0 bridgehead atoms. The van der Waals surface area contributed by atoms with Gasteiger partial charge in [-0.1, -0.05) is 12.1 Å². The Hall–Kier alpha value is -3.28. The Morgan fingerprint density at radius 2 is 1.80 bits per heavy atom. The van der Waals surface area contributed by atoms with Gasteiger partial charge in [-0.25, -0.2) is 4.98 Å². The highest BCUT2D eigenvalue weighted by atomic mass is 16.5. The second kappa shape index (κ2) is 7.09. The second-order valence-corrected chi connectivity index (χ2v) is 5.41. The van der Waals surface area contributed by atoms with Crippen molar-refractivity contribution in [3.05, 3.63) is 65.7 Å². The van der Waals surface area contributed by atoms with Crippen LogP contribution in [0.25, 0.3) is 11.3 Å². The number of nitrogens with two attached hydrogens (primary N) is 1. The van der Waals surface area contributed by atoms with Crippen LogP contribution < -0.4 is 15.2 Å². The average molecular weight is 338 g/mol. The molecule has 0 fully saturated rings. The number of ether oxygens (including phenoxy) is 2. The number of oxazole rings is 1. The van der Waals surface area contributed by atoms with Crippen molar-refractivity contribution in [1.82, 2.24) is 4.98 Å². The minimum absolute atomic E-state index is 0.114. The molecule has 6 nitrogen and oxygen atoms in total. The summed E-state index contributed by atoms with van der Waals surface area (Å²) in [5.41, 5.74) is 7.23. The predicted molar refractivity (Wildman–Crippen MR) is 92.8 cm³/mol. The molecular weight excluding hydrogens is 320 g/mol. The Balaban J connectivity index is 1.94. The van der Waals surface area contributed by atoms with Crippen LogP contribution in [0.2, 0.25) is 0 Å². The highest BCUT2D eigenvalue weighted by molar-refractivity contribution is 5.96. The van der Waals surface area contributed by atoms with Crippen molar-refractivity contribution in [3.8, 4) is 22.8 Å². The fourth-order valence-electron chi connectivity index (χ4n) is 2.50. The molecule has 25 heavy (non-hydrogen) atoms. The van der Waals surface area contributed by atoms with Crippen LogP contribution in [0.1, 0.15) is 21.9 Å². The minimum Gasteiger partial charge on any atom is -0.497 e. The summed E-state index contributed by atoms with van der Waals surface area (Å²) in [5, 5.41) is 0. The van der Waals surface area contributed by atoms with Crippen LogP contribution in [0, 0.1) is 0 Å². The number of rotatable bonds is 6. The molecule has 6 heteroatoms. The fourth-order valence-corrected chi connectivity index (χ4v) is 2.50. The van der Waals surface area contributed by atoms with Crippen LogP contribution in [-0.2, 0) is 6.42 Å². The van der Waals surface area contributed by atoms with E-state index in [0.29, 0.717) is 29.4 Å². The molecule has 0 aliphatic rings. The van der Waals surface area contributed by atoms with Crippen molar-refractivity contribution in [2.24, 2.45) is 5.73 Å². The summed E-state index contributed by atoms with van der Waals surface area (Å²) in [4.78, 5) is 16.0. The number of hydrogen-bond donors (Lipinski definition) is 1. The second-order valence-electron chi connectivity index (χ2n) is 5.41. The van der Waals surface area contributed by atoms with Gasteiger partial charge in [0.05, 0.1) is 14.2 Å². The van der Waals surface area contributed by atoms with E-state index in [1.165, 1.54) is 0 Å². The average Bonchev–Trinajstić information content (AvgIpc) is 3.06. The number of aromatic nitrogens is 1. The van der Waals surface area contributed by atoms with E-state index in [9.17, 15) is 4.79 Å². The zero-order valence-corrected chi connectivity index (χ0v) is 14.0. The normalized spacial score (nSPS) is 10.5. The zero-order chi connectivity index (χ0) is 17.8. The van der Waals surface area contributed by atoms with Crippen molar-refractivity contribution in [3.63, 3.8) is 0 Å². The number of amides is 1. The topological polar surface area (TPSA) is 87.6 Å². The standard InChI is InChI=1S/C19H18N2O4/c1-23-14-8-6-13(7-9-14)18-17(19(20)22)21-16(25-18)11-12-4-3-5-15(10-12)24-2/h3-10H,11H2,1-2H3,(H2,20,22). The van der Waals surface area contributed by atoms with Crippen molar-refractivity contribution >= 4 is 5.91 Å². The number of methoxy groups -OCH3 is 2. The lowest BCUT2D eigenvalue weighted by Crippen LogP contribution is -2.12. The Kier molecular flexibility index (Phi) is 4.70. The van der Waals surface area contributed by atoms with Gasteiger partial charge in [-0.3, -0.25) is 4.79 Å². The van der Waals surface area contributed by atoms with E-state index in [-0.39, 0.29) is 5.69 Å². The number of carbonyl (C=O) groups excluding carboxylic acids is 1. The third-order valence-corrected chi connectivity index (χ3v) is 3.75. The van der Waals surface area contributed by atoms with E-state index in [1.807, 2.05) is 24.3 Å². The van der Waals surface area contributed by atoms with Crippen molar-refractivity contribution < 1.29 is 18.7 Å². The molecule has 1 amide bonds. The van der Waals surface area contributed by atoms with Crippen LogP contribution in [0.4, 0.5) is 0 Å². The van der Waals surface area contributed by atoms with Gasteiger partial charge in [-0.15, -0.1) is 0 Å². The summed E-state index contributed by atoms with van der Waals surface area (Å²) >= 11 is 0. The monoisotopic (exact) mass is 338 g/mol. The van der Waals surface area contributed by atoms with Gasteiger partial charge in [0, 0.05) is 12.0 Å². The fraction of sp³-hybridized carbons (Fsp3) is 0.158. The smallest absolute Gasteiger partial charge is 0.271 e. The molecular formula is C19H18N2O4. The molecule has 0 spiro atoms. The molecule has 1 heterocycles. The SMILES string of the molecule is COc1ccc(-c2oc(Cc3cccc(OC)c3)nc2C(N)=O)cc1. The van der Waals surface area contributed by atoms with Crippen LogP contribution >= 0.6 is 0 Å². The molecule has 0 saturated carbocycles. The summed E-state index contributed by atoms with van der Waals surface area (Å²) in [6.45, 7) is 0. The number of carbonyl (C=O) groups is 1. The molecule has 0 atom stereocenters. The quantitative estimate of drug-likeness (QED) is 0.746. The first kappa shape index (κ1) is 16.6. The van der Waals surface area contributed by atoms with Gasteiger partial charge in [-0.2, -0.15) is 0 Å². The molecule has 2 aromatic carbocycles. The summed E-state index contributed by atoms with van der Waals surface area (Å²) in [5.74, 6) is 1.59. The molecule has 2 N–H and O–H groups in total. The van der Waals surface area contributed by atoms with Crippen molar-refractivity contribution in [1.29, 1.82) is 0 Å². The molecule has 3 rings (SSSR count). The molecule has 0 saturated heterocycles. The molecule has 0 aliphatic carbocycles. The van der Waals surface area contributed by atoms with E-state index >= 15 is 0 Å².